The third-order valence-corrected chi connectivity index (χ3v) is 3.81. The maximum atomic E-state index is 12.0. The van der Waals surface area contributed by atoms with Gasteiger partial charge in [-0.2, -0.15) is 5.10 Å². The first-order valence-electron chi connectivity index (χ1n) is 7.34. The highest BCUT2D eigenvalue weighted by molar-refractivity contribution is 6.31. The molecule has 120 valence electrons. The summed E-state index contributed by atoms with van der Waals surface area (Å²) < 4.78 is 6.76. The molecule has 5 nitrogen and oxygen atoms in total. The minimum Gasteiger partial charge on any atom is -0.468 e. The van der Waals surface area contributed by atoms with Gasteiger partial charge < -0.3 is 4.74 Å². The summed E-state index contributed by atoms with van der Waals surface area (Å²) in [6, 6.07) is 0.224. The lowest BCUT2D eigenvalue weighted by Gasteiger charge is -2.30. The van der Waals surface area contributed by atoms with Gasteiger partial charge in [0.1, 0.15) is 5.54 Å². The lowest BCUT2D eigenvalue weighted by molar-refractivity contribution is -0.148. The number of nitrogens with zero attached hydrogens (tertiary/aromatic N) is 2. The maximum absolute atomic E-state index is 12.0. The van der Waals surface area contributed by atoms with Crippen molar-refractivity contribution in [3.8, 4) is 0 Å². The summed E-state index contributed by atoms with van der Waals surface area (Å²) in [7, 11) is 1.43. The summed E-state index contributed by atoms with van der Waals surface area (Å²) in [5.74, 6) is -0.214. The predicted octanol–water partition coefficient (Wildman–Crippen LogP) is 2.94. The number of carbonyl (C=O) groups is 1. The maximum Gasteiger partial charge on any atom is 0.325 e. The van der Waals surface area contributed by atoms with Gasteiger partial charge >= 0.3 is 5.97 Å². The molecular weight excluding hydrogens is 290 g/mol. The highest BCUT2D eigenvalue weighted by Gasteiger charge is 2.33. The standard InChI is InChI=1S/C15H26ClN3O2/c1-11(2)17-15(4,14(20)21-5)8-6-7-9-19-10-13(16)12(3)18-19/h10-11,17H,6-9H2,1-5H3. The van der Waals surface area contributed by atoms with Crippen molar-refractivity contribution in [2.45, 2.75) is 65.1 Å². The summed E-state index contributed by atoms with van der Waals surface area (Å²) in [4.78, 5) is 12.0. The van der Waals surface area contributed by atoms with Crippen LogP contribution in [0.3, 0.4) is 0 Å². The smallest absolute Gasteiger partial charge is 0.325 e. The van der Waals surface area contributed by atoms with Gasteiger partial charge in [-0.3, -0.25) is 14.8 Å². The van der Waals surface area contributed by atoms with E-state index >= 15 is 0 Å². The molecule has 21 heavy (non-hydrogen) atoms. The summed E-state index contributed by atoms with van der Waals surface area (Å²) in [6.07, 6.45) is 4.40. The van der Waals surface area contributed by atoms with E-state index in [2.05, 4.69) is 10.4 Å². The van der Waals surface area contributed by atoms with Crippen LogP contribution in [-0.2, 0) is 16.1 Å². The van der Waals surface area contributed by atoms with Crippen molar-refractivity contribution >= 4 is 17.6 Å². The SMILES string of the molecule is COC(=O)C(C)(CCCCn1cc(Cl)c(C)n1)NC(C)C. The van der Waals surface area contributed by atoms with Crippen LogP contribution in [0.5, 0.6) is 0 Å². The fourth-order valence-corrected chi connectivity index (χ4v) is 2.61. The summed E-state index contributed by atoms with van der Waals surface area (Å²) in [5.41, 5.74) is 0.207. The van der Waals surface area contributed by atoms with E-state index in [0.717, 1.165) is 31.5 Å². The second-order valence-electron chi connectivity index (χ2n) is 5.91. The Bertz CT molecular complexity index is 454. The molecule has 0 aliphatic carbocycles. The van der Waals surface area contributed by atoms with Gasteiger partial charge in [0.05, 0.1) is 17.8 Å². The Balaban J connectivity index is 2.48. The zero-order valence-electron chi connectivity index (χ0n) is 13.6. The van der Waals surface area contributed by atoms with E-state index in [1.54, 1.807) is 0 Å². The zero-order chi connectivity index (χ0) is 16.0. The highest BCUT2D eigenvalue weighted by Crippen LogP contribution is 2.18. The Kier molecular flexibility index (Phi) is 6.68. The largest absolute Gasteiger partial charge is 0.468 e. The molecule has 0 aliphatic rings. The second kappa shape index (κ2) is 7.80. The molecule has 0 aliphatic heterocycles. The number of hydrogen-bond donors (Lipinski definition) is 1. The van der Waals surface area contributed by atoms with Gasteiger partial charge in [0.2, 0.25) is 0 Å². The third-order valence-electron chi connectivity index (χ3n) is 3.44. The predicted molar refractivity (Wildman–Crippen MR) is 84.5 cm³/mol. The van der Waals surface area contributed by atoms with Crippen molar-refractivity contribution in [2.75, 3.05) is 7.11 Å². The number of ether oxygens (including phenoxy) is 1. The Morgan fingerprint density at radius 3 is 2.67 bits per heavy atom. The number of unbranched alkanes of at least 4 members (excludes halogenated alkanes) is 1. The number of hydrogen-bond acceptors (Lipinski definition) is 4. The van der Waals surface area contributed by atoms with Gasteiger partial charge in [-0.15, -0.1) is 0 Å². The third kappa shape index (κ3) is 5.32. The lowest BCUT2D eigenvalue weighted by Crippen LogP contribution is -2.52. The van der Waals surface area contributed by atoms with E-state index in [0.29, 0.717) is 5.02 Å². The van der Waals surface area contributed by atoms with Gasteiger partial charge in [-0.05, 0) is 47.0 Å². The minimum atomic E-state index is -0.638. The summed E-state index contributed by atoms with van der Waals surface area (Å²) in [5, 5.41) is 8.31. The molecule has 0 fully saturated rings. The van der Waals surface area contributed by atoms with Crippen LogP contribution in [0.4, 0.5) is 0 Å². The number of esters is 1. The molecule has 1 aromatic heterocycles. The molecule has 1 atom stereocenters. The molecule has 6 heteroatoms. The van der Waals surface area contributed by atoms with Gasteiger partial charge in [-0.1, -0.05) is 11.6 Å². The summed E-state index contributed by atoms with van der Waals surface area (Å²) >= 11 is 5.98. The van der Waals surface area contributed by atoms with Crippen molar-refractivity contribution < 1.29 is 9.53 Å². The van der Waals surface area contributed by atoms with Crippen LogP contribution in [0.25, 0.3) is 0 Å². The first kappa shape index (κ1) is 18.0. The number of carbonyl (C=O) groups excluding carboxylic acids is 1. The van der Waals surface area contributed by atoms with E-state index in [9.17, 15) is 4.79 Å². The number of aryl methyl sites for hydroxylation is 2. The fourth-order valence-electron chi connectivity index (χ4n) is 2.46. The molecule has 1 unspecified atom stereocenters. The molecule has 1 aromatic rings. The van der Waals surface area contributed by atoms with Crippen LogP contribution in [0.2, 0.25) is 5.02 Å². The van der Waals surface area contributed by atoms with Gasteiger partial charge in [0.25, 0.3) is 0 Å². The van der Waals surface area contributed by atoms with Crippen molar-refractivity contribution in [2.24, 2.45) is 0 Å². The number of aromatic nitrogens is 2. The van der Waals surface area contributed by atoms with E-state index in [-0.39, 0.29) is 12.0 Å². The fraction of sp³-hybridized carbons (Fsp3) is 0.733. The molecule has 0 bridgehead atoms. The van der Waals surface area contributed by atoms with Crippen LogP contribution in [0, 0.1) is 6.92 Å². The quantitative estimate of drug-likeness (QED) is 0.592. The number of methoxy groups -OCH3 is 1. The van der Waals surface area contributed by atoms with Crippen LogP contribution in [0.15, 0.2) is 6.20 Å². The molecule has 0 radical (unpaired) electrons. The number of halogens is 1. The van der Waals surface area contributed by atoms with Crippen molar-refractivity contribution in [3.63, 3.8) is 0 Å². The molecule has 0 spiro atoms. The molecule has 0 amide bonds. The van der Waals surface area contributed by atoms with E-state index in [1.165, 1.54) is 7.11 Å². The molecule has 1 N–H and O–H groups in total. The van der Waals surface area contributed by atoms with Crippen LogP contribution < -0.4 is 5.32 Å². The van der Waals surface area contributed by atoms with Crippen molar-refractivity contribution in [1.82, 2.24) is 15.1 Å². The zero-order valence-corrected chi connectivity index (χ0v) is 14.3. The van der Waals surface area contributed by atoms with Crippen LogP contribution >= 0.6 is 11.6 Å². The Hall–Kier alpha value is -1.07. The molecule has 1 heterocycles. The van der Waals surface area contributed by atoms with E-state index in [1.807, 2.05) is 38.6 Å². The van der Waals surface area contributed by atoms with Crippen molar-refractivity contribution in [3.05, 3.63) is 16.9 Å². The monoisotopic (exact) mass is 315 g/mol. The van der Waals surface area contributed by atoms with Gasteiger partial charge in [0, 0.05) is 18.8 Å². The highest BCUT2D eigenvalue weighted by atomic mass is 35.5. The van der Waals surface area contributed by atoms with Gasteiger partial charge in [0.15, 0.2) is 0 Å². The molecule has 0 saturated carbocycles. The van der Waals surface area contributed by atoms with Crippen molar-refractivity contribution in [1.29, 1.82) is 0 Å². The number of nitrogens with one attached hydrogen (secondary N) is 1. The lowest BCUT2D eigenvalue weighted by atomic mass is 9.94. The summed E-state index contributed by atoms with van der Waals surface area (Å²) in [6.45, 7) is 8.63. The molecule has 0 aromatic carbocycles. The van der Waals surface area contributed by atoms with Crippen LogP contribution in [0.1, 0.15) is 45.7 Å². The van der Waals surface area contributed by atoms with Gasteiger partial charge in [-0.25, -0.2) is 0 Å². The Morgan fingerprint density at radius 2 is 2.19 bits per heavy atom. The topological polar surface area (TPSA) is 56.2 Å². The average molecular weight is 316 g/mol. The molecule has 1 rings (SSSR count). The normalized spacial score (nSPS) is 14.2. The number of rotatable bonds is 8. The average Bonchev–Trinajstić information content (AvgIpc) is 2.72. The second-order valence-corrected chi connectivity index (χ2v) is 6.31. The molecule has 0 saturated heterocycles. The van der Waals surface area contributed by atoms with E-state index in [4.69, 9.17) is 16.3 Å². The Morgan fingerprint density at radius 1 is 1.52 bits per heavy atom. The Labute approximate surface area is 132 Å². The van der Waals surface area contributed by atoms with E-state index < -0.39 is 5.54 Å². The first-order valence-corrected chi connectivity index (χ1v) is 7.72. The van der Waals surface area contributed by atoms with Crippen LogP contribution in [-0.4, -0.2) is 34.4 Å². The molecular formula is C15H26ClN3O2. The first-order chi connectivity index (χ1) is 9.78. The minimum absolute atomic E-state index is 0.214.